The number of likely N-dealkylation sites (N-methyl/N-ethyl adjacent to an activating group) is 3. The fraction of sp³-hybridized carbons (Fsp3) is 0.241. The fourth-order valence-electron chi connectivity index (χ4n) is 4.07. The van der Waals surface area contributed by atoms with E-state index in [1.54, 1.807) is 24.1 Å². The van der Waals surface area contributed by atoms with Gasteiger partial charge >= 0.3 is 0 Å². The maximum atomic E-state index is 12.8. The molecule has 0 spiro atoms. The summed E-state index contributed by atoms with van der Waals surface area (Å²) < 4.78 is 0. The first-order valence-electron chi connectivity index (χ1n) is 12.1. The number of aliphatic imine (C=N–C) groups is 1. The van der Waals surface area contributed by atoms with Crippen molar-refractivity contribution in [2.75, 3.05) is 52.7 Å². The van der Waals surface area contributed by atoms with Gasteiger partial charge in [-0.25, -0.2) is 4.99 Å². The highest BCUT2D eigenvalue weighted by Crippen LogP contribution is 2.33. The van der Waals surface area contributed by atoms with Gasteiger partial charge in [0.1, 0.15) is 0 Å². The van der Waals surface area contributed by atoms with Crippen LogP contribution in [0.4, 0.5) is 11.4 Å². The summed E-state index contributed by atoms with van der Waals surface area (Å²) in [5.74, 6) is 0.0464. The van der Waals surface area contributed by atoms with Crippen molar-refractivity contribution >= 4 is 45.5 Å². The van der Waals surface area contributed by atoms with Gasteiger partial charge in [-0.3, -0.25) is 9.69 Å². The molecule has 1 heterocycles. The normalized spacial score (nSPS) is 12.0. The molecular weight excluding hydrogens is 486 g/mol. The van der Waals surface area contributed by atoms with Crippen LogP contribution in [-0.4, -0.2) is 79.3 Å². The van der Waals surface area contributed by atoms with E-state index in [0.717, 1.165) is 35.2 Å². The summed E-state index contributed by atoms with van der Waals surface area (Å²) in [5.41, 5.74) is 4.33. The molecule has 192 valence electrons. The van der Waals surface area contributed by atoms with Gasteiger partial charge in [-0.05, 0) is 57.5 Å². The number of carbonyl (C=O) groups is 1. The van der Waals surface area contributed by atoms with Crippen LogP contribution in [0.25, 0.3) is 10.9 Å². The molecule has 1 aromatic heterocycles. The van der Waals surface area contributed by atoms with E-state index in [2.05, 4.69) is 9.88 Å². The number of aromatic nitrogens is 1. The molecule has 0 fully saturated rings. The molecule has 7 nitrogen and oxygen atoms in total. The number of aromatic hydroxyl groups is 1. The number of hydrogen-bond donors (Lipinski definition) is 2. The average Bonchev–Trinajstić information content (AvgIpc) is 3.20. The van der Waals surface area contributed by atoms with Crippen LogP contribution in [0.1, 0.15) is 11.1 Å². The topological polar surface area (TPSA) is 75.2 Å². The zero-order valence-corrected chi connectivity index (χ0v) is 22.3. The van der Waals surface area contributed by atoms with Gasteiger partial charge in [0, 0.05) is 41.8 Å². The van der Waals surface area contributed by atoms with Crippen molar-refractivity contribution in [2.45, 2.75) is 0 Å². The predicted molar refractivity (Wildman–Crippen MR) is 153 cm³/mol. The lowest BCUT2D eigenvalue weighted by Gasteiger charge is -2.23. The van der Waals surface area contributed by atoms with Crippen LogP contribution in [0, 0.1) is 0 Å². The van der Waals surface area contributed by atoms with E-state index in [9.17, 15) is 9.90 Å². The largest absolute Gasteiger partial charge is 0.494 e. The molecule has 4 aromatic rings. The quantitative estimate of drug-likeness (QED) is 0.301. The molecule has 0 aliphatic carbocycles. The van der Waals surface area contributed by atoms with Crippen LogP contribution in [0.2, 0.25) is 5.02 Å². The van der Waals surface area contributed by atoms with Crippen molar-refractivity contribution in [3.63, 3.8) is 0 Å². The minimum atomic E-state index is 0.0184. The Morgan fingerprint density at radius 1 is 0.946 bits per heavy atom. The Hall–Kier alpha value is -3.65. The van der Waals surface area contributed by atoms with E-state index < -0.39 is 0 Å². The van der Waals surface area contributed by atoms with E-state index in [-0.39, 0.29) is 11.8 Å². The van der Waals surface area contributed by atoms with Gasteiger partial charge in [-0.2, -0.15) is 0 Å². The third-order valence-corrected chi connectivity index (χ3v) is 6.45. The number of hydrogen-bond acceptors (Lipinski definition) is 5. The number of benzene rings is 3. The molecule has 0 bridgehead atoms. The number of halogens is 1. The molecule has 2 N–H and O–H groups in total. The average molecular weight is 518 g/mol. The second kappa shape index (κ2) is 11.6. The molecule has 3 aromatic carbocycles. The predicted octanol–water partition coefficient (Wildman–Crippen LogP) is 5.15. The number of anilines is 1. The van der Waals surface area contributed by atoms with Crippen LogP contribution in [-0.2, 0) is 4.79 Å². The van der Waals surface area contributed by atoms with Crippen molar-refractivity contribution in [2.24, 2.45) is 4.99 Å². The number of aromatic amines is 1. The Morgan fingerprint density at radius 2 is 1.65 bits per heavy atom. The molecule has 37 heavy (non-hydrogen) atoms. The van der Waals surface area contributed by atoms with Crippen LogP contribution in [0.3, 0.4) is 0 Å². The van der Waals surface area contributed by atoms with Crippen LogP contribution >= 0.6 is 11.6 Å². The molecule has 4 rings (SSSR count). The zero-order valence-electron chi connectivity index (χ0n) is 21.6. The molecule has 0 radical (unpaired) electrons. The highest BCUT2D eigenvalue weighted by molar-refractivity contribution is 6.31. The summed E-state index contributed by atoms with van der Waals surface area (Å²) in [6.45, 7) is 2.05. The Labute approximate surface area is 222 Å². The highest BCUT2D eigenvalue weighted by atomic mass is 35.5. The van der Waals surface area contributed by atoms with E-state index in [0.29, 0.717) is 28.5 Å². The number of fused-ring (bicyclic) bond motifs is 1. The van der Waals surface area contributed by atoms with Gasteiger partial charge in [0.2, 0.25) is 5.91 Å². The van der Waals surface area contributed by atoms with E-state index >= 15 is 0 Å². The lowest BCUT2D eigenvalue weighted by molar-refractivity contribution is -0.119. The molecule has 0 aliphatic heterocycles. The molecule has 0 unspecified atom stereocenters. The van der Waals surface area contributed by atoms with Gasteiger partial charge in [-0.1, -0.05) is 48.0 Å². The van der Waals surface area contributed by atoms with Crippen molar-refractivity contribution in [1.82, 2.24) is 14.8 Å². The zero-order chi connectivity index (χ0) is 26.5. The van der Waals surface area contributed by atoms with E-state index in [1.807, 2.05) is 86.7 Å². The van der Waals surface area contributed by atoms with Crippen molar-refractivity contribution in [3.8, 4) is 5.88 Å². The third kappa shape index (κ3) is 6.38. The Morgan fingerprint density at radius 3 is 2.32 bits per heavy atom. The fourth-order valence-corrected chi connectivity index (χ4v) is 4.24. The lowest BCUT2D eigenvalue weighted by Crippen LogP contribution is -2.39. The maximum Gasteiger partial charge on any atom is 0.240 e. The van der Waals surface area contributed by atoms with Crippen molar-refractivity contribution in [1.29, 1.82) is 0 Å². The molecule has 0 saturated carbocycles. The summed E-state index contributed by atoms with van der Waals surface area (Å²) in [6.07, 6.45) is 0. The number of nitrogens with zero attached hydrogens (tertiary/aromatic N) is 4. The van der Waals surface area contributed by atoms with Crippen LogP contribution in [0.15, 0.2) is 77.8 Å². The Kier molecular flexibility index (Phi) is 8.28. The van der Waals surface area contributed by atoms with Crippen molar-refractivity contribution < 1.29 is 9.90 Å². The number of nitrogens with one attached hydrogen (secondary N) is 1. The molecular formula is C29H32ClN5O2. The second-order valence-corrected chi connectivity index (χ2v) is 9.81. The highest BCUT2D eigenvalue weighted by Gasteiger charge is 2.19. The molecule has 0 saturated heterocycles. The number of carbonyl (C=O) groups excluding carboxylic acids is 1. The monoisotopic (exact) mass is 517 g/mol. The first-order valence-corrected chi connectivity index (χ1v) is 12.5. The van der Waals surface area contributed by atoms with Crippen LogP contribution < -0.4 is 4.90 Å². The third-order valence-electron chi connectivity index (χ3n) is 6.21. The second-order valence-electron chi connectivity index (χ2n) is 9.38. The smallest absolute Gasteiger partial charge is 0.240 e. The summed E-state index contributed by atoms with van der Waals surface area (Å²) in [5, 5.41) is 12.2. The minimum absolute atomic E-state index is 0.0184. The summed E-state index contributed by atoms with van der Waals surface area (Å²) >= 11 is 6.16. The Balaban J connectivity index is 1.62. The number of H-pyrrole nitrogens is 1. The summed E-state index contributed by atoms with van der Waals surface area (Å²) in [6, 6.07) is 22.7. The van der Waals surface area contributed by atoms with Crippen LogP contribution in [0.5, 0.6) is 5.88 Å². The van der Waals surface area contributed by atoms with Gasteiger partial charge < -0.3 is 19.9 Å². The van der Waals surface area contributed by atoms with Gasteiger partial charge in [0.15, 0.2) is 5.88 Å². The van der Waals surface area contributed by atoms with Gasteiger partial charge in [0.05, 0.1) is 29.0 Å². The minimum Gasteiger partial charge on any atom is -0.494 e. The summed E-state index contributed by atoms with van der Waals surface area (Å²) in [4.78, 5) is 26.5. The van der Waals surface area contributed by atoms with E-state index in [4.69, 9.17) is 16.6 Å². The van der Waals surface area contributed by atoms with Crippen molar-refractivity contribution in [3.05, 3.63) is 88.9 Å². The van der Waals surface area contributed by atoms with Gasteiger partial charge in [0.25, 0.3) is 0 Å². The first kappa shape index (κ1) is 26.4. The maximum absolute atomic E-state index is 12.8. The first-order chi connectivity index (χ1) is 17.7. The van der Waals surface area contributed by atoms with E-state index in [1.165, 1.54) is 0 Å². The van der Waals surface area contributed by atoms with Gasteiger partial charge in [-0.15, -0.1) is 0 Å². The standard InChI is InChI=1S/C29H32ClN5O2/c1-33(2)16-17-34(3)19-26(36)35(4)23-13-11-22(12-14-23)31-28(20-8-6-5-7-9-20)27-24-15-10-21(30)18-25(24)32-29(27)37/h5-15,18,32,37H,16-17,19H2,1-4H3. The molecule has 8 heteroatoms. The summed E-state index contributed by atoms with van der Waals surface area (Å²) in [7, 11) is 7.77. The SMILES string of the molecule is CN(C)CCN(C)CC(=O)N(C)c1ccc(N=C(c2ccccc2)c2c(O)[nH]c3cc(Cl)ccc23)cc1. The lowest BCUT2D eigenvalue weighted by atomic mass is 10.0. The molecule has 1 amide bonds. The number of rotatable bonds is 9. The Bertz CT molecular complexity index is 1400. The molecule has 0 aliphatic rings. The molecule has 0 atom stereocenters. The number of amides is 1.